The zero-order valence-electron chi connectivity index (χ0n) is 8.71. The Morgan fingerprint density at radius 2 is 2.35 bits per heavy atom. The Morgan fingerprint density at radius 1 is 1.47 bits per heavy atom. The highest BCUT2D eigenvalue weighted by atomic mass is 16.4. The Morgan fingerprint density at radius 3 is 3.06 bits per heavy atom. The monoisotopic (exact) mass is 233 g/mol. The predicted molar refractivity (Wildman–Crippen MR) is 55.3 cm³/mol. The standard InChI is InChI=1S/C9H8N6O2/c16-9(17)7-11-4-6(13-14-7)5-3-12-15-2-1-10-8(5)15/h3-4H,1-2H2,(H2,10,12,13,16,17)/p+1. The van der Waals surface area contributed by atoms with Crippen molar-refractivity contribution < 1.29 is 14.6 Å². The molecule has 8 nitrogen and oxygen atoms in total. The van der Waals surface area contributed by atoms with Gasteiger partial charge in [-0.3, -0.25) is 5.32 Å². The highest BCUT2D eigenvalue weighted by molar-refractivity contribution is 5.83. The Labute approximate surface area is 95.3 Å². The van der Waals surface area contributed by atoms with Crippen molar-refractivity contribution in [3.8, 4) is 11.3 Å². The van der Waals surface area contributed by atoms with Gasteiger partial charge in [-0.25, -0.2) is 14.9 Å². The van der Waals surface area contributed by atoms with Crippen molar-refractivity contribution in [1.82, 2.24) is 20.3 Å². The number of fused-ring (bicyclic) bond motifs is 1. The highest BCUT2D eigenvalue weighted by Gasteiger charge is 2.25. The third kappa shape index (κ3) is 1.50. The first kappa shape index (κ1) is 9.70. The number of rotatable bonds is 2. The maximum absolute atomic E-state index is 10.6. The molecule has 0 radical (unpaired) electrons. The van der Waals surface area contributed by atoms with Gasteiger partial charge in [-0.1, -0.05) is 0 Å². The number of nitrogens with zero attached hydrogens (tertiary/aromatic N) is 4. The molecule has 0 saturated heterocycles. The first-order chi connectivity index (χ1) is 8.25. The second-order valence-electron chi connectivity index (χ2n) is 3.59. The van der Waals surface area contributed by atoms with Crippen molar-refractivity contribution in [1.29, 1.82) is 0 Å². The minimum absolute atomic E-state index is 0.304. The molecule has 17 heavy (non-hydrogen) atoms. The Kier molecular flexibility index (Phi) is 2.00. The molecule has 3 heterocycles. The molecule has 1 aliphatic rings. The zero-order chi connectivity index (χ0) is 11.8. The number of carboxylic acid groups (broad SMARTS) is 1. The second-order valence-corrected chi connectivity index (χ2v) is 3.59. The van der Waals surface area contributed by atoms with Crippen LogP contribution in [-0.4, -0.2) is 37.9 Å². The number of H-pyrrole nitrogens is 1. The van der Waals surface area contributed by atoms with Crippen LogP contribution in [0.5, 0.6) is 0 Å². The van der Waals surface area contributed by atoms with Crippen LogP contribution in [0.25, 0.3) is 11.3 Å². The van der Waals surface area contributed by atoms with E-state index in [0.717, 1.165) is 24.5 Å². The lowest BCUT2D eigenvalue weighted by Crippen LogP contribution is -2.32. The lowest BCUT2D eigenvalue weighted by molar-refractivity contribution is -0.725. The maximum Gasteiger partial charge on any atom is 0.375 e. The molecule has 3 N–H and O–H groups in total. The lowest BCUT2D eigenvalue weighted by Gasteiger charge is -1.95. The Balaban J connectivity index is 2.01. The van der Waals surface area contributed by atoms with Crippen molar-refractivity contribution in [3.63, 3.8) is 0 Å². The van der Waals surface area contributed by atoms with Crippen LogP contribution >= 0.6 is 0 Å². The van der Waals surface area contributed by atoms with Gasteiger partial charge < -0.3 is 5.11 Å². The zero-order valence-corrected chi connectivity index (χ0v) is 8.71. The van der Waals surface area contributed by atoms with E-state index in [2.05, 4.69) is 25.6 Å². The summed E-state index contributed by atoms with van der Waals surface area (Å²) < 4.78 is 1.95. The molecule has 86 valence electrons. The molecule has 2 aromatic rings. The van der Waals surface area contributed by atoms with Crippen LogP contribution in [-0.2, 0) is 6.54 Å². The van der Waals surface area contributed by atoms with Gasteiger partial charge in [0.1, 0.15) is 24.3 Å². The summed E-state index contributed by atoms with van der Waals surface area (Å²) in [6, 6.07) is 0. The Bertz CT molecular complexity index is 576. The van der Waals surface area contributed by atoms with Gasteiger partial charge in [0.25, 0.3) is 5.82 Å². The van der Waals surface area contributed by atoms with Gasteiger partial charge in [0.05, 0.1) is 12.4 Å². The van der Waals surface area contributed by atoms with Crippen LogP contribution in [0.1, 0.15) is 10.6 Å². The van der Waals surface area contributed by atoms with Crippen LogP contribution in [0.3, 0.4) is 0 Å². The summed E-state index contributed by atoms with van der Waals surface area (Å²) in [5.41, 5.74) is 1.37. The molecule has 0 bridgehead atoms. The van der Waals surface area contributed by atoms with Gasteiger partial charge >= 0.3 is 11.8 Å². The van der Waals surface area contributed by atoms with Gasteiger partial charge in [-0.2, -0.15) is 4.68 Å². The summed E-state index contributed by atoms with van der Waals surface area (Å²) in [5.74, 6) is -0.568. The molecule has 0 unspecified atom stereocenters. The fraction of sp³-hybridized carbons (Fsp3) is 0.222. The van der Waals surface area contributed by atoms with Crippen molar-refractivity contribution >= 4 is 11.8 Å². The van der Waals surface area contributed by atoms with Crippen molar-refractivity contribution in [2.45, 2.75) is 6.54 Å². The Hall–Kier alpha value is -2.51. The fourth-order valence-electron chi connectivity index (χ4n) is 1.77. The molecule has 0 atom stereocenters. The van der Waals surface area contributed by atoms with Gasteiger partial charge in [0.2, 0.25) is 0 Å². The van der Waals surface area contributed by atoms with Crippen LogP contribution in [0.2, 0.25) is 0 Å². The molecule has 1 aliphatic heterocycles. The number of carboxylic acids is 1. The molecule has 0 fully saturated rings. The van der Waals surface area contributed by atoms with Crippen molar-refractivity contribution in [3.05, 3.63) is 18.2 Å². The van der Waals surface area contributed by atoms with E-state index in [9.17, 15) is 4.79 Å². The van der Waals surface area contributed by atoms with Crippen LogP contribution < -0.4 is 10.00 Å². The number of aromatic carboxylic acids is 1. The third-order valence-electron chi connectivity index (χ3n) is 2.55. The number of hydrogen-bond donors (Lipinski definition) is 3. The average Bonchev–Trinajstić information content (AvgIpc) is 2.90. The number of carbonyl (C=O) groups is 1. The summed E-state index contributed by atoms with van der Waals surface area (Å²) in [4.78, 5) is 14.3. The third-order valence-corrected chi connectivity index (χ3v) is 2.55. The van der Waals surface area contributed by atoms with Crippen LogP contribution in [0.4, 0.5) is 5.82 Å². The first-order valence-electron chi connectivity index (χ1n) is 5.04. The van der Waals surface area contributed by atoms with E-state index in [1.807, 2.05) is 4.68 Å². The quantitative estimate of drug-likeness (QED) is 0.591. The van der Waals surface area contributed by atoms with E-state index in [1.54, 1.807) is 6.20 Å². The topological polar surface area (TPSA) is 108 Å². The second kappa shape index (κ2) is 3.51. The predicted octanol–water partition coefficient (Wildman–Crippen LogP) is -0.722. The van der Waals surface area contributed by atoms with E-state index in [1.165, 1.54) is 6.20 Å². The number of aromatic amines is 1. The number of hydrogen-bond acceptors (Lipinski definition) is 5. The average molecular weight is 233 g/mol. The molecule has 0 spiro atoms. The van der Waals surface area contributed by atoms with E-state index < -0.39 is 5.97 Å². The van der Waals surface area contributed by atoms with Crippen molar-refractivity contribution in [2.24, 2.45) is 0 Å². The summed E-state index contributed by atoms with van der Waals surface area (Å²) in [6.07, 6.45) is 3.19. The SMILES string of the molecule is O=C(O)c1ncc(-c2c[nH][n+]3c2NCC3)nn1. The van der Waals surface area contributed by atoms with Gasteiger partial charge in [0, 0.05) is 0 Å². The highest BCUT2D eigenvalue weighted by Crippen LogP contribution is 2.23. The van der Waals surface area contributed by atoms with E-state index >= 15 is 0 Å². The first-order valence-corrected chi connectivity index (χ1v) is 5.04. The lowest BCUT2D eigenvalue weighted by atomic mass is 10.2. The van der Waals surface area contributed by atoms with Crippen LogP contribution in [0, 0.1) is 0 Å². The summed E-state index contributed by atoms with van der Waals surface area (Å²) in [7, 11) is 0. The normalized spacial score (nSPS) is 13.2. The minimum atomic E-state index is -1.18. The summed E-state index contributed by atoms with van der Waals surface area (Å²) in [5, 5.41) is 22.3. The molecule has 0 saturated carbocycles. The number of aromatic nitrogens is 5. The van der Waals surface area contributed by atoms with E-state index in [4.69, 9.17) is 5.11 Å². The molecule has 0 aliphatic carbocycles. The fourth-order valence-corrected chi connectivity index (χ4v) is 1.77. The van der Waals surface area contributed by atoms with Crippen molar-refractivity contribution in [2.75, 3.05) is 11.9 Å². The molecule has 0 amide bonds. The molecular formula is C9H9N6O2+. The minimum Gasteiger partial charge on any atom is -0.475 e. The van der Waals surface area contributed by atoms with Gasteiger partial charge in [-0.15, -0.1) is 10.2 Å². The molecule has 8 heteroatoms. The molecule has 3 rings (SSSR count). The van der Waals surface area contributed by atoms with Gasteiger partial charge in [0.15, 0.2) is 0 Å². The summed E-state index contributed by atoms with van der Waals surface area (Å²) >= 11 is 0. The number of anilines is 1. The largest absolute Gasteiger partial charge is 0.475 e. The molecular weight excluding hydrogens is 224 g/mol. The van der Waals surface area contributed by atoms with Crippen LogP contribution in [0.15, 0.2) is 12.4 Å². The maximum atomic E-state index is 10.6. The number of nitrogens with one attached hydrogen (secondary N) is 2. The summed E-state index contributed by atoms with van der Waals surface area (Å²) in [6.45, 7) is 1.72. The van der Waals surface area contributed by atoms with E-state index in [-0.39, 0.29) is 5.82 Å². The molecule has 0 aromatic carbocycles. The smallest absolute Gasteiger partial charge is 0.375 e. The van der Waals surface area contributed by atoms with Gasteiger partial charge in [-0.05, 0) is 0 Å². The molecule has 2 aromatic heterocycles. The van der Waals surface area contributed by atoms with E-state index in [0.29, 0.717) is 5.69 Å².